The molecule has 3 heterocycles. The van der Waals surface area contributed by atoms with Crippen LogP contribution >= 0.6 is 0 Å². The Balaban J connectivity index is 0.000000151. The van der Waals surface area contributed by atoms with Gasteiger partial charge < -0.3 is 10.2 Å². The van der Waals surface area contributed by atoms with Gasteiger partial charge in [0.2, 0.25) is 5.95 Å². The molecule has 1 N–H and O–H groups in total. The van der Waals surface area contributed by atoms with Crippen LogP contribution in [0.5, 0.6) is 0 Å². The average molecular weight is 437 g/mol. The van der Waals surface area contributed by atoms with Crippen molar-refractivity contribution in [1.29, 1.82) is 0 Å². The Kier molecular flexibility index (Phi) is 6.56. The van der Waals surface area contributed by atoms with Crippen LogP contribution in [0.15, 0.2) is 53.9 Å². The minimum atomic E-state index is -0.945. The lowest BCUT2D eigenvalue weighted by atomic mass is 10.2. The van der Waals surface area contributed by atoms with Gasteiger partial charge in [0, 0.05) is 60.0 Å². The third kappa shape index (κ3) is 5.25. The lowest BCUT2D eigenvalue weighted by molar-refractivity contribution is 0.687. The van der Waals surface area contributed by atoms with Gasteiger partial charge >= 0.3 is 0 Å². The average Bonchev–Trinajstić information content (AvgIpc) is 3.44. The van der Waals surface area contributed by atoms with Gasteiger partial charge in [-0.25, -0.2) is 15.0 Å². The molecular formula is C23H28N6OS. The van der Waals surface area contributed by atoms with Gasteiger partial charge in [-0.05, 0) is 42.4 Å². The standard InChI is InChI=1S/C12H13N3OS.C11H15N3/c1-13-12-8-14-11(7-15-12)9-3-5-10(6-4-9)17(2)16;1-2-8-4-12-11(13-5-8)14-6-9-3-10(9)7-14/h3-8H,1-2H3,(H,13,15);4-5,9-10H,2-3,6-7H2,1H3. The highest BCUT2D eigenvalue weighted by Crippen LogP contribution is 2.45. The van der Waals surface area contributed by atoms with E-state index in [1.54, 1.807) is 25.7 Å². The summed E-state index contributed by atoms with van der Waals surface area (Å²) in [5, 5.41) is 2.92. The smallest absolute Gasteiger partial charge is 0.225 e. The highest BCUT2D eigenvalue weighted by molar-refractivity contribution is 7.84. The molecule has 7 nitrogen and oxygen atoms in total. The summed E-state index contributed by atoms with van der Waals surface area (Å²) < 4.78 is 11.3. The van der Waals surface area contributed by atoms with Crippen LogP contribution in [-0.2, 0) is 17.2 Å². The molecule has 0 bridgehead atoms. The number of benzene rings is 1. The molecule has 1 aromatic carbocycles. The van der Waals surface area contributed by atoms with Crippen molar-refractivity contribution in [3.05, 3.63) is 54.6 Å². The molecule has 1 saturated carbocycles. The predicted molar refractivity (Wildman–Crippen MR) is 125 cm³/mol. The van der Waals surface area contributed by atoms with Crippen molar-refractivity contribution < 1.29 is 4.21 Å². The number of rotatable bonds is 5. The summed E-state index contributed by atoms with van der Waals surface area (Å²) in [5.74, 6) is 3.56. The zero-order valence-electron chi connectivity index (χ0n) is 18.2. The van der Waals surface area contributed by atoms with Crippen molar-refractivity contribution in [3.63, 3.8) is 0 Å². The summed E-state index contributed by atoms with van der Waals surface area (Å²) in [4.78, 5) is 20.4. The maximum atomic E-state index is 11.3. The quantitative estimate of drug-likeness (QED) is 0.656. The fraction of sp³-hybridized carbons (Fsp3) is 0.391. The van der Waals surface area contributed by atoms with Crippen molar-refractivity contribution in [2.45, 2.75) is 24.7 Å². The van der Waals surface area contributed by atoms with E-state index in [9.17, 15) is 4.21 Å². The first-order valence-corrected chi connectivity index (χ1v) is 12.1. The Bertz CT molecular complexity index is 1010. The summed E-state index contributed by atoms with van der Waals surface area (Å²) in [7, 11) is 0.856. The summed E-state index contributed by atoms with van der Waals surface area (Å²) in [5.41, 5.74) is 2.99. The normalized spacial score (nSPS) is 19.8. The molecule has 8 heteroatoms. The molecule has 3 atom stereocenters. The van der Waals surface area contributed by atoms with Crippen LogP contribution in [0, 0.1) is 11.8 Å². The van der Waals surface area contributed by atoms with Gasteiger partial charge in [-0.15, -0.1) is 0 Å². The molecule has 3 unspecified atom stereocenters. The Hall–Kier alpha value is -2.87. The van der Waals surface area contributed by atoms with E-state index in [-0.39, 0.29) is 0 Å². The minimum absolute atomic E-state index is 0.736. The monoisotopic (exact) mass is 436 g/mol. The largest absolute Gasteiger partial charge is 0.372 e. The molecule has 1 aliphatic carbocycles. The van der Waals surface area contributed by atoms with Gasteiger partial charge in [-0.2, -0.15) is 0 Å². The Morgan fingerprint density at radius 1 is 1.00 bits per heavy atom. The Morgan fingerprint density at radius 2 is 1.68 bits per heavy atom. The highest BCUT2D eigenvalue weighted by atomic mass is 32.2. The molecule has 3 aromatic rings. The second kappa shape index (κ2) is 9.51. The van der Waals surface area contributed by atoms with Gasteiger partial charge in [0.1, 0.15) is 5.82 Å². The molecule has 162 valence electrons. The summed E-state index contributed by atoms with van der Waals surface area (Å²) in [6, 6.07) is 7.50. The molecule has 5 rings (SSSR count). The topological polar surface area (TPSA) is 83.9 Å². The maximum absolute atomic E-state index is 11.3. The van der Waals surface area contributed by atoms with Crippen LogP contribution in [-0.4, -0.2) is 50.5 Å². The molecule has 0 radical (unpaired) electrons. The van der Waals surface area contributed by atoms with Crippen molar-refractivity contribution >= 4 is 22.6 Å². The van der Waals surface area contributed by atoms with Crippen LogP contribution in [0.1, 0.15) is 18.9 Å². The summed E-state index contributed by atoms with van der Waals surface area (Å²) in [6.45, 7) is 4.48. The third-order valence-electron chi connectivity index (χ3n) is 5.75. The summed E-state index contributed by atoms with van der Waals surface area (Å²) >= 11 is 0. The fourth-order valence-electron chi connectivity index (χ4n) is 3.68. The molecule has 2 aromatic heterocycles. The minimum Gasteiger partial charge on any atom is -0.372 e. The van der Waals surface area contributed by atoms with E-state index in [1.807, 2.05) is 36.7 Å². The molecule has 1 aliphatic heterocycles. The van der Waals surface area contributed by atoms with Crippen LogP contribution in [0.3, 0.4) is 0 Å². The van der Waals surface area contributed by atoms with Gasteiger partial charge in [0.05, 0.1) is 18.1 Å². The third-order valence-corrected chi connectivity index (χ3v) is 6.69. The van der Waals surface area contributed by atoms with Crippen LogP contribution < -0.4 is 10.2 Å². The molecule has 31 heavy (non-hydrogen) atoms. The Labute approximate surface area is 185 Å². The fourth-order valence-corrected chi connectivity index (χ4v) is 4.20. The number of aromatic nitrogens is 4. The van der Waals surface area contributed by atoms with Crippen LogP contribution in [0.25, 0.3) is 11.3 Å². The number of anilines is 2. The maximum Gasteiger partial charge on any atom is 0.225 e. The number of nitrogens with one attached hydrogen (secondary N) is 1. The van der Waals surface area contributed by atoms with E-state index in [2.05, 4.69) is 37.1 Å². The van der Waals surface area contributed by atoms with Crippen molar-refractivity contribution in [2.75, 3.05) is 36.6 Å². The number of nitrogens with zero attached hydrogens (tertiary/aromatic N) is 5. The second-order valence-corrected chi connectivity index (χ2v) is 9.30. The number of aryl methyl sites for hydroxylation is 1. The molecule has 1 saturated heterocycles. The van der Waals surface area contributed by atoms with E-state index in [0.717, 1.165) is 46.2 Å². The van der Waals surface area contributed by atoms with Gasteiger partial charge in [0.15, 0.2) is 0 Å². The zero-order chi connectivity index (χ0) is 21.8. The lowest BCUT2D eigenvalue weighted by Crippen LogP contribution is -2.23. The Morgan fingerprint density at radius 3 is 2.19 bits per heavy atom. The molecule has 2 fully saturated rings. The number of fused-ring (bicyclic) bond motifs is 1. The first-order chi connectivity index (χ1) is 15.1. The second-order valence-electron chi connectivity index (χ2n) is 7.92. The number of piperidine rings is 1. The van der Waals surface area contributed by atoms with Gasteiger partial charge in [-0.3, -0.25) is 9.19 Å². The molecule has 2 aliphatic rings. The van der Waals surface area contributed by atoms with Crippen molar-refractivity contribution in [1.82, 2.24) is 19.9 Å². The predicted octanol–water partition coefficient (Wildman–Crippen LogP) is 3.42. The molecule has 0 spiro atoms. The van der Waals surface area contributed by atoms with Gasteiger partial charge in [-0.1, -0.05) is 19.1 Å². The summed E-state index contributed by atoms with van der Waals surface area (Å²) in [6.07, 6.45) is 11.4. The van der Waals surface area contributed by atoms with Crippen molar-refractivity contribution in [2.24, 2.45) is 11.8 Å². The van der Waals surface area contributed by atoms with Crippen LogP contribution in [0.4, 0.5) is 11.8 Å². The number of hydrogen-bond donors (Lipinski definition) is 1. The van der Waals surface area contributed by atoms with E-state index in [4.69, 9.17) is 0 Å². The van der Waals surface area contributed by atoms with Crippen molar-refractivity contribution in [3.8, 4) is 11.3 Å². The molecular weight excluding hydrogens is 408 g/mol. The van der Waals surface area contributed by atoms with Gasteiger partial charge in [0.25, 0.3) is 0 Å². The highest BCUT2D eigenvalue weighted by Gasteiger charge is 2.45. The van der Waals surface area contributed by atoms with E-state index in [0.29, 0.717) is 0 Å². The van der Waals surface area contributed by atoms with E-state index >= 15 is 0 Å². The van der Waals surface area contributed by atoms with E-state index < -0.39 is 10.8 Å². The zero-order valence-corrected chi connectivity index (χ0v) is 19.0. The lowest BCUT2D eigenvalue weighted by Gasteiger charge is -2.17. The first-order valence-electron chi connectivity index (χ1n) is 10.6. The van der Waals surface area contributed by atoms with E-state index in [1.165, 1.54) is 25.1 Å². The molecule has 0 amide bonds. The SMILES string of the molecule is CCc1cnc(N2CC3CC3C2)nc1.CNc1cnc(-c2ccc(S(C)=O)cc2)cn1. The first kappa shape index (κ1) is 21.4. The number of hydrogen-bond acceptors (Lipinski definition) is 7. The van der Waals surface area contributed by atoms with Crippen LogP contribution in [0.2, 0.25) is 0 Å².